The molecule has 0 spiro atoms. The van der Waals surface area contributed by atoms with Crippen LogP contribution in [0.3, 0.4) is 0 Å². The molecule has 0 unspecified atom stereocenters. The number of hydrogen-bond donors (Lipinski definition) is 1. The number of carbonyl (C=O) groups excluding carboxylic acids is 1. The summed E-state index contributed by atoms with van der Waals surface area (Å²) in [4.78, 5) is 21.6. The van der Waals surface area contributed by atoms with Crippen molar-refractivity contribution in [2.45, 2.75) is 68.5 Å². The third-order valence-corrected chi connectivity index (χ3v) is 7.45. The molecule has 4 rings (SSSR count). The Morgan fingerprint density at radius 3 is 2.53 bits per heavy atom. The zero-order valence-corrected chi connectivity index (χ0v) is 20.1. The van der Waals surface area contributed by atoms with E-state index in [1.165, 1.54) is 24.8 Å². The summed E-state index contributed by atoms with van der Waals surface area (Å²) >= 11 is 1.60. The first-order valence-electron chi connectivity index (χ1n) is 11.8. The zero-order chi connectivity index (χ0) is 22.5. The highest BCUT2D eigenvalue weighted by atomic mass is 32.2. The largest absolute Gasteiger partial charge is 0.351 e. The van der Waals surface area contributed by atoms with Gasteiger partial charge in [-0.25, -0.2) is 4.98 Å². The number of rotatable bonds is 7. The summed E-state index contributed by atoms with van der Waals surface area (Å²) in [6, 6.07) is 19.6. The lowest BCUT2D eigenvalue weighted by Crippen LogP contribution is -2.47. The highest BCUT2D eigenvalue weighted by molar-refractivity contribution is 7.99. The minimum atomic E-state index is -0.0240. The Balaban J connectivity index is 1.50. The number of pyridine rings is 1. The van der Waals surface area contributed by atoms with E-state index in [0.29, 0.717) is 24.2 Å². The van der Waals surface area contributed by atoms with Crippen molar-refractivity contribution in [3.63, 3.8) is 0 Å². The normalized spacial score (nSPS) is 19.2. The van der Waals surface area contributed by atoms with Crippen LogP contribution in [-0.4, -0.2) is 41.0 Å². The van der Waals surface area contributed by atoms with Crippen LogP contribution in [0, 0.1) is 0 Å². The molecule has 1 aromatic heterocycles. The van der Waals surface area contributed by atoms with Gasteiger partial charge in [0.05, 0.1) is 11.1 Å². The highest BCUT2D eigenvalue weighted by Gasteiger charge is 2.24. The SMILES string of the molecule is CCc1ccc(Sc2cc(C(=O)NCCN3[C@@H](C)CCC[C@@H]3C)c3ccccc3n2)cc1. The lowest BCUT2D eigenvalue weighted by Gasteiger charge is -2.39. The van der Waals surface area contributed by atoms with E-state index in [9.17, 15) is 4.79 Å². The van der Waals surface area contributed by atoms with Crippen molar-refractivity contribution >= 4 is 28.6 Å². The van der Waals surface area contributed by atoms with E-state index >= 15 is 0 Å². The Labute approximate surface area is 195 Å². The zero-order valence-electron chi connectivity index (χ0n) is 19.3. The number of likely N-dealkylation sites (tertiary alicyclic amines) is 1. The number of hydrogen-bond acceptors (Lipinski definition) is 4. The number of nitrogens with one attached hydrogen (secondary N) is 1. The van der Waals surface area contributed by atoms with Crippen LogP contribution >= 0.6 is 11.8 Å². The molecular formula is C27H33N3OS. The Morgan fingerprint density at radius 1 is 1.09 bits per heavy atom. The third-order valence-electron chi connectivity index (χ3n) is 6.52. The molecule has 1 aliphatic heterocycles. The molecule has 4 nitrogen and oxygen atoms in total. The molecule has 5 heteroatoms. The average Bonchev–Trinajstić information content (AvgIpc) is 2.81. The maximum absolute atomic E-state index is 13.2. The van der Waals surface area contributed by atoms with Crippen LogP contribution in [0.15, 0.2) is 64.5 Å². The monoisotopic (exact) mass is 447 g/mol. The minimum Gasteiger partial charge on any atom is -0.351 e. The van der Waals surface area contributed by atoms with Crippen molar-refractivity contribution in [2.75, 3.05) is 13.1 Å². The van der Waals surface area contributed by atoms with Crippen LogP contribution in [0.4, 0.5) is 0 Å². The fraction of sp³-hybridized carbons (Fsp3) is 0.407. The van der Waals surface area contributed by atoms with Crippen LogP contribution in [0.5, 0.6) is 0 Å². The Hall–Kier alpha value is -2.37. The minimum absolute atomic E-state index is 0.0240. The van der Waals surface area contributed by atoms with Gasteiger partial charge in [0, 0.05) is 35.5 Å². The van der Waals surface area contributed by atoms with E-state index < -0.39 is 0 Å². The van der Waals surface area contributed by atoms with Gasteiger partial charge in [0.1, 0.15) is 5.03 Å². The fourth-order valence-corrected chi connectivity index (χ4v) is 5.45. The Bertz CT molecular complexity index is 1060. The van der Waals surface area contributed by atoms with E-state index in [2.05, 4.69) is 55.3 Å². The second kappa shape index (κ2) is 10.5. The van der Waals surface area contributed by atoms with E-state index in [4.69, 9.17) is 4.98 Å². The Morgan fingerprint density at radius 2 is 1.81 bits per heavy atom. The number of nitrogens with zero attached hydrogens (tertiary/aromatic N) is 2. The number of piperidine rings is 1. The topological polar surface area (TPSA) is 45.2 Å². The first-order chi connectivity index (χ1) is 15.5. The summed E-state index contributed by atoms with van der Waals surface area (Å²) in [6.45, 7) is 8.30. The molecule has 2 heterocycles. The van der Waals surface area contributed by atoms with Crippen LogP contribution < -0.4 is 5.32 Å². The van der Waals surface area contributed by atoms with Crippen molar-refractivity contribution in [2.24, 2.45) is 0 Å². The first-order valence-corrected chi connectivity index (χ1v) is 12.6. The summed E-state index contributed by atoms with van der Waals surface area (Å²) in [5.41, 5.74) is 2.87. The number of aryl methyl sites for hydroxylation is 1. The highest BCUT2D eigenvalue weighted by Crippen LogP contribution is 2.30. The summed E-state index contributed by atoms with van der Waals surface area (Å²) in [6.07, 6.45) is 4.81. The van der Waals surface area contributed by atoms with Gasteiger partial charge >= 0.3 is 0 Å². The van der Waals surface area contributed by atoms with Gasteiger partial charge in [0.25, 0.3) is 5.91 Å². The van der Waals surface area contributed by atoms with Gasteiger partial charge in [-0.1, -0.05) is 55.4 Å². The molecular weight excluding hydrogens is 414 g/mol. The van der Waals surface area contributed by atoms with E-state index in [0.717, 1.165) is 33.8 Å². The number of fused-ring (bicyclic) bond motifs is 1. The fourth-order valence-electron chi connectivity index (χ4n) is 4.61. The maximum atomic E-state index is 13.2. The quantitative estimate of drug-likeness (QED) is 0.487. The third kappa shape index (κ3) is 5.33. The lowest BCUT2D eigenvalue weighted by atomic mass is 9.98. The molecule has 0 bridgehead atoms. The second-order valence-electron chi connectivity index (χ2n) is 8.75. The van der Waals surface area contributed by atoms with Crippen molar-refractivity contribution in [3.8, 4) is 0 Å². The van der Waals surface area contributed by atoms with Gasteiger partial charge in [-0.3, -0.25) is 9.69 Å². The van der Waals surface area contributed by atoms with Gasteiger partial charge in [-0.15, -0.1) is 0 Å². The van der Waals surface area contributed by atoms with Gasteiger partial charge in [0.15, 0.2) is 0 Å². The van der Waals surface area contributed by atoms with Gasteiger partial charge in [-0.2, -0.15) is 0 Å². The molecule has 2 aromatic carbocycles. The number of carbonyl (C=O) groups is 1. The molecule has 1 aliphatic rings. The molecule has 168 valence electrons. The van der Waals surface area contributed by atoms with Crippen molar-refractivity contribution in [1.29, 1.82) is 0 Å². The predicted molar refractivity (Wildman–Crippen MR) is 134 cm³/mol. The van der Waals surface area contributed by atoms with Crippen LogP contribution in [-0.2, 0) is 6.42 Å². The number of benzene rings is 2. The molecule has 2 atom stereocenters. The number of aromatic nitrogens is 1. The molecule has 0 aliphatic carbocycles. The van der Waals surface area contributed by atoms with Crippen molar-refractivity contribution in [3.05, 3.63) is 65.7 Å². The Kier molecular flexibility index (Phi) is 7.48. The van der Waals surface area contributed by atoms with E-state index in [1.54, 1.807) is 11.8 Å². The predicted octanol–water partition coefficient (Wildman–Crippen LogP) is 5.94. The van der Waals surface area contributed by atoms with Crippen molar-refractivity contribution in [1.82, 2.24) is 15.2 Å². The maximum Gasteiger partial charge on any atom is 0.252 e. The van der Waals surface area contributed by atoms with Gasteiger partial charge in [-0.05, 0) is 62.9 Å². The molecule has 1 N–H and O–H groups in total. The van der Waals surface area contributed by atoms with Crippen LogP contribution in [0.25, 0.3) is 10.9 Å². The summed E-state index contributed by atoms with van der Waals surface area (Å²) in [5, 5.41) is 4.91. The van der Waals surface area contributed by atoms with Crippen LogP contribution in [0.2, 0.25) is 0 Å². The molecule has 0 radical (unpaired) electrons. The average molecular weight is 448 g/mol. The van der Waals surface area contributed by atoms with E-state index in [1.807, 2.05) is 30.3 Å². The molecule has 32 heavy (non-hydrogen) atoms. The van der Waals surface area contributed by atoms with Crippen molar-refractivity contribution < 1.29 is 4.79 Å². The van der Waals surface area contributed by atoms with E-state index in [-0.39, 0.29) is 5.91 Å². The molecule has 1 fully saturated rings. The summed E-state index contributed by atoms with van der Waals surface area (Å²) in [5.74, 6) is -0.0240. The van der Waals surface area contributed by atoms with Crippen LogP contribution in [0.1, 0.15) is 56.0 Å². The van der Waals surface area contributed by atoms with Gasteiger partial charge < -0.3 is 5.32 Å². The molecule has 1 amide bonds. The smallest absolute Gasteiger partial charge is 0.252 e. The molecule has 3 aromatic rings. The van der Waals surface area contributed by atoms with Gasteiger partial charge in [0.2, 0.25) is 0 Å². The summed E-state index contributed by atoms with van der Waals surface area (Å²) in [7, 11) is 0. The summed E-state index contributed by atoms with van der Waals surface area (Å²) < 4.78 is 0. The number of para-hydroxylation sites is 1. The standard InChI is InChI=1S/C27H33N3OS/c1-4-21-12-14-22(15-13-21)32-26-18-24(23-10-5-6-11-25(23)29-26)27(31)28-16-17-30-19(2)8-7-9-20(30)3/h5-6,10-15,18-20H,4,7-9,16-17H2,1-3H3,(H,28,31)/t19-,20-/m0/s1. The molecule has 0 saturated carbocycles. The number of amides is 1. The lowest BCUT2D eigenvalue weighted by molar-refractivity contribution is 0.0890. The second-order valence-corrected chi connectivity index (χ2v) is 9.84. The first kappa shape index (κ1) is 22.8. The molecule has 1 saturated heterocycles.